The molecular weight excluding hydrogens is 372 g/mol. The molecule has 0 N–H and O–H groups in total. The molecule has 0 radical (unpaired) electrons. The molecule has 2 aliphatic heterocycles. The second-order valence-electron chi connectivity index (χ2n) is 8.01. The molecule has 5 rings (SSSR count). The van der Waals surface area contributed by atoms with Gasteiger partial charge in [-0.2, -0.15) is 0 Å². The minimum Gasteiger partial charge on any atom is -0.486 e. The van der Waals surface area contributed by atoms with Gasteiger partial charge in [0, 0.05) is 32.7 Å². The number of rotatable bonds is 5. The summed E-state index contributed by atoms with van der Waals surface area (Å²) >= 11 is 0. The van der Waals surface area contributed by atoms with Gasteiger partial charge in [-0.05, 0) is 28.8 Å². The van der Waals surface area contributed by atoms with E-state index in [0.29, 0.717) is 19.3 Å². The van der Waals surface area contributed by atoms with E-state index in [2.05, 4.69) is 82.6 Å². The smallest absolute Gasteiger partial charge is 0.161 e. The van der Waals surface area contributed by atoms with Crippen molar-refractivity contribution in [1.29, 1.82) is 0 Å². The lowest BCUT2D eigenvalue weighted by molar-refractivity contribution is 0.104. The van der Waals surface area contributed by atoms with Crippen LogP contribution in [-0.2, 0) is 6.54 Å². The van der Waals surface area contributed by atoms with Crippen molar-refractivity contribution >= 4 is 0 Å². The lowest BCUT2D eigenvalue weighted by atomic mass is 9.96. The Morgan fingerprint density at radius 1 is 0.667 bits per heavy atom. The van der Waals surface area contributed by atoms with Crippen LogP contribution in [0.3, 0.4) is 0 Å². The molecule has 154 valence electrons. The molecule has 3 aromatic rings. The van der Waals surface area contributed by atoms with Gasteiger partial charge in [0.25, 0.3) is 0 Å². The Hall–Kier alpha value is -2.82. The summed E-state index contributed by atoms with van der Waals surface area (Å²) in [6.45, 7) is 6.45. The lowest BCUT2D eigenvalue weighted by Crippen LogP contribution is -2.47. The Labute approximate surface area is 178 Å². The van der Waals surface area contributed by atoms with E-state index in [-0.39, 0.29) is 0 Å². The fourth-order valence-corrected chi connectivity index (χ4v) is 4.51. The summed E-state index contributed by atoms with van der Waals surface area (Å²) in [5.41, 5.74) is 4.02. The predicted octanol–water partition coefficient (Wildman–Crippen LogP) is 4.37. The molecule has 3 aromatic carbocycles. The molecule has 0 bridgehead atoms. The van der Waals surface area contributed by atoms with Gasteiger partial charge in [-0.15, -0.1) is 0 Å². The highest BCUT2D eigenvalue weighted by atomic mass is 16.6. The van der Waals surface area contributed by atoms with E-state index in [1.165, 1.54) is 16.7 Å². The first-order valence-corrected chi connectivity index (χ1v) is 10.8. The van der Waals surface area contributed by atoms with Gasteiger partial charge in [-0.25, -0.2) is 0 Å². The molecule has 1 fully saturated rings. The predicted molar refractivity (Wildman–Crippen MR) is 119 cm³/mol. The van der Waals surface area contributed by atoms with Crippen LogP contribution in [0.1, 0.15) is 22.7 Å². The Balaban J connectivity index is 1.27. The zero-order chi connectivity index (χ0) is 20.2. The van der Waals surface area contributed by atoms with E-state index in [0.717, 1.165) is 44.2 Å². The molecule has 4 nitrogen and oxygen atoms in total. The van der Waals surface area contributed by atoms with E-state index in [9.17, 15) is 0 Å². The molecular formula is C26H28N2O2. The average molecular weight is 401 g/mol. The van der Waals surface area contributed by atoms with Crippen LogP contribution >= 0.6 is 0 Å². The van der Waals surface area contributed by atoms with Crippen LogP contribution in [0.4, 0.5) is 0 Å². The van der Waals surface area contributed by atoms with Gasteiger partial charge in [-0.3, -0.25) is 9.80 Å². The summed E-state index contributed by atoms with van der Waals surface area (Å²) < 4.78 is 11.4. The van der Waals surface area contributed by atoms with Crippen molar-refractivity contribution < 1.29 is 9.47 Å². The van der Waals surface area contributed by atoms with Gasteiger partial charge in [0.2, 0.25) is 0 Å². The molecule has 0 saturated carbocycles. The van der Waals surface area contributed by atoms with Crippen LogP contribution in [0, 0.1) is 0 Å². The molecule has 4 heteroatoms. The highest BCUT2D eigenvalue weighted by Gasteiger charge is 2.26. The number of nitrogens with zero attached hydrogens (tertiary/aromatic N) is 2. The standard InChI is InChI=1S/C26H28N2O2/c1-3-7-22(8-4-1)26(23-9-5-2-6-10-23)28-15-13-27(14-16-28)20-21-11-12-24-25(19-21)30-18-17-29-24/h1-12,19,26H,13-18,20H2. The molecule has 30 heavy (non-hydrogen) atoms. The molecule has 0 amide bonds. The molecule has 0 aliphatic carbocycles. The number of fused-ring (bicyclic) bond motifs is 1. The third-order valence-electron chi connectivity index (χ3n) is 6.02. The summed E-state index contributed by atoms with van der Waals surface area (Å²) in [5, 5.41) is 0. The first-order chi connectivity index (χ1) is 14.9. The van der Waals surface area contributed by atoms with Crippen LogP contribution in [-0.4, -0.2) is 49.2 Å². The van der Waals surface area contributed by atoms with Crippen molar-refractivity contribution in [1.82, 2.24) is 9.80 Å². The van der Waals surface area contributed by atoms with Crippen LogP contribution in [0.2, 0.25) is 0 Å². The van der Waals surface area contributed by atoms with Crippen LogP contribution in [0.25, 0.3) is 0 Å². The third-order valence-corrected chi connectivity index (χ3v) is 6.02. The molecule has 2 aliphatic rings. The zero-order valence-corrected chi connectivity index (χ0v) is 17.2. The maximum Gasteiger partial charge on any atom is 0.161 e. The van der Waals surface area contributed by atoms with E-state index in [1.54, 1.807) is 0 Å². The van der Waals surface area contributed by atoms with Gasteiger partial charge in [-0.1, -0.05) is 66.7 Å². The normalized spacial score (nSPS) is 17.2. The average Bonchev–Trinajstić information content (AvgIpc) is 2.82. The first kappa shape index (κ1) is 19.2. The molecule has 2 heterocycles. The fraction of sp³-hybridized carbons (Fsp3) is 0.308. The molecule has 1 saturated heterocycles. The van der Waals surface area contributed by atoms with Gasteiger partial charge >= 0.3 is 0 Å². The second kappa shape index (κ2) is 8.90. The largest absolute Gasteiger partial charge is 0.486 e. The van der Waals surface area contributed by atoms with Crippen molar-refractivity contribution in [3.8, 4) is 11.5 Å². The Morgan fingerprint density at radius 2 is 1.27 bits per heavy atom. The zero-order valence-electron chi connectivity index (χ0n) is 17.2. The summed E-state index contributed by atoms with van der Waals surface area (Å²) in [6, 6.07) is 28.4. The van der Waals surface area contributed by atoms with Gasteiger partial charge in [0.1, 0.15) is 13.2 Å². The summed E-state index contributed by atoms with van der Waals surface area (Å²) in [6.07, 6.45) is 0. The highest BCUT2D eigenvalue weighted by Crippen LogP contribution is 2.32. The van der Waals surface area contributed by atoms with Crippen molar-refractivity contribution in [3.63, 3.8) is 0 Å². The number of hydrogen-bond donors (Lipinski definition) is 0. The van der Waals surface area contributed by atoms with Crippen molar-refractivity contribution in [2.45, 2.75) is 12.6 Å². The first-order valence-electron chi connectivity index (χ1n) is 10.8. The van der Waals surface area contributed by atoms with Gasteiger partial charge in [0.05, 0.1) is 6.04 Å². The van der Waals surface area contributed by atoms with Gasteiger partial charge < -0.3 is 9.47 Å². The lowest BCUT2D eigenvalue weighted by Gasteiger charge is -2.40. The van der Waals surface area contributed by atoms with Crippen LogP contribution in [0.15, 0.2) is 78.9 Å². The van der Waals surface area contributed by atoms with E-state index < -0.39 is 0 Å². The SMILES string of the molecule is c1ccc(C(c2ccccc2)N2CCN(Cc3ccc4c(c3)OCCO4)CC2)cc1. The Morgan fingerprint density at radius 3 is 1.90 bits per heavy atom. The number of hydrogen-bond acceptors (Lipinski definition) is 4. The van der Waals surface area contributed by atoms with Crippen molar-refractivity contribution in [3.05, 3.63) is 95.6 Å². The second-order valence-corrected chi connectivity index (χ2v) is 8.01. The van der Waals surface area contributed by atoms with Crippen LogP contribution < -0.4 is 9.47 Å². The highest BCUT2D eigenvalue weighted by molar-refractivity contribution is 5.43. The van der Waals surface area contributed by atoms with E-state index in [1.807, 2.05) is 6.07 Å². The quantitative estimate of drug-likeness (QED) is 0.635. The monoisotopic (exact) mass is 400 g/mol. The van der Waals surface area contributed by atoms with Crippen molar-refractivity contribution in [2.75, 3.05) is 39.4 Å². The summed E-state index contributed by atoms with van der Waals surface area (Å²) in [7, 11) is 0. The minimum atomic E-state index is 0.309. The number of piperazine rings is 1. The molecule has 0 aromatic heterocycles. The topological polar surface area (TPSA) is 24.9 Å². The van der Waals surface area contributed by atoms with Crippen LogP contribution in [0.5, 0.6) is 11.5 Å². The minimum absolute atomic E-state index is 0.309. The molecule has 0 unspecified atom stereocenters. The Kier molecular flexibility index (Phi) is 5.69. The Bertz CT molecular complexity index is 914. The summed E-state index contributed by atoms with van der Waals surface area (Å²) in [5.74, 6) is 1.74. The molecule has 0 spiro atoms. The number of ether oxygens (including phenoxy) is 2. The number of benzene rings is 3. The maximum absolute atomic E-state index is 5.75. The summed E-state index contributed by atoms with van der Waals surface area (Å²) in [4.78, 5) is 5.15. The van der Waals surface area contributed by atoms with Gasteiger partial charge in [0.15, 0.2) is 11.5 Å². The third kappa shape index (κ3) is 4.20. The van der Waals surface area contributed by atoms with E-state index >= 15 is 0 Å². The molecule has 0 atom stereocenters. The van der Waals surface area contributed by atoms with Crippen molar-refractivity contribution in [2.24, 2.45) is 0 Å². The van der Waals surface area contributed by atoms with E-state index in [4.69, 9.17) is 9.47 Å². The fourth-order valence-electron chi connectivity index (χ4n) is 4.51. The maximum atomic E-state index is 5.75.